The van der Waals surface area contributed by atoms with E-state index in [1.54, 1.807) is 19.2 Å². The molecule has 0 aliphatic carbocycles. The maximum Gasteiger partial charge on any atom is 0.378 e. The first-order valence-corrected chi connectivity index (χ1v) is 9.21. The third-order valence-corrected chi connectivity index (χ3v) is 4.41. The molecule has 2 heterocycles. The smallest absolute Gasteiger partial charge is 0.378 e. The Morgan fingerprint density at radius 2 is 1.93 bits per heavy atom. The number of fused-ring (bicyclic) bond motifs is 1. The molecule has 0 bridgehead atoms. The van der Waals surface area contributed by atoms with Crippen LogP contribution in [0.4, 0.5) is 5.69 Å². The Kier molecular flexibility index (Phi) is 6.05. The van der Waals surface area contributed by atoms with Crippen molar-refractivity contribution >= 4 is 29.2 Å². The van der Waals surface area contributed by atoms with Gasteiger partial charge in [-0.3, -0.25) is 9.59 Å². The standard InChI is InChI=1S/C20H22N6O4/c1-12-5-6-13(2)15(9-12)22-16(27)10-25(4)17(28)11-30-19(29)18-23-20-21-8-7-14(3)26(20)24-18/h5-9H,10-11H2,1-4H3,(H,22,27). The lowest BCUT2D eigenvalue weighted by atomic mass is 10.1. The fourth-order valence-corrected chi connectivity index (χ4v) is 2.66. The van der Waals surface area contributed by atoms with E-state index in [0.29, 0.717) is 5.69 Å². The van der Waals surface area contributed by atoms with Crippen molar-refractivity contribution in [3.63, 3.8) is 0 Å². The van der Waals surface area contributed by atoms with E-state index in [1.807, 2.05) is 32.0 Å². The summed E-state index contributed by atoms with van der Waals surface area (Å²) in [6.45, 7) is 4.88. The topological polar surface area (TPSA) is 119 Å². The number of carbonyl (C=O) groups is 3. The largest absolute Gasteiger partial charge is 0.450 e. The van der Waals surface area contributed by atoms with Gasteiger partial charge in [0.05, 0.1) is 6.54 Å². The van der Waals surface area contributed by atoms with Gasteiger partial charge in [0, 0.05) is 24.6 Å². The van der Waals surface area contributed by atoms with Crippen LogP contribution >= 0.6 is 0 Å². The van der Waals surface area contributed by atoms with E-state index in [0.717, 1.165) is 16.8 Å². The van der Waals surface area contributed by atoms with Crippen molar-refractivity contribution in [2.24, 2.45) is 0 Å². The van der Waals surface area contributed by atoms with Crippen LogP contribution in [0.2, 0.25) is 0 Å². The van der Waals surface area contributed by atoms with Gasteiger partial charge in [0.25, 0.3) is 17.5 Å². The van der Waals surface area contributed by atoms with E-state index >= 15 is 0 Å². The Morgan fingerprint density at radius 1 is 1.17 bits per heavy atom. The Morgan fingerprint density at radius 3 is 2.67 bits per heavy atom. The molecule has 156 valence electrons. The highest BCUT2D eigenvalue weighted by Crippen LogP contribution is 2.16. The molecule has 2 amide bonds. The van der Waals surface area contributed by atoms with E-state index in [-0.39, 0.29) is 24.1 Å². The monoisotopic (exact) mass is 410 g/mol. The van der Waals surface area contributed by atoms with Gasteiger partial charge < -0.3 is 15.0 Å². The Labute approximate surface area is 172 Å². The quantitative estimate of drug-likeness (QED) is 0.609. The predicted molar refractivity (Wildman–Crippen MR) is 108 cm³/mol. The van der Waals surface area contributed by atoms with Crippen LogP contribution in [-0.4, -0.2) is 62.5 Å². The number of nitrogens with zero attached hydrogens (tertiary/aromatic N) is 5. The van der Waals surface area contributed by atoms with Gasteiger partial charge >= 0.3 is 5.97 Å². The fourth-order valence-electron chi connectivity index (χ4n) is 2.66. The molecule has 3 rings (SSSR count). The molecule has 30 heavy (non-hydrogen) atoms. The molecule has 0 atom stereocenters. The summed E-state index contributed by atoms with van der Waals surface area (Å²) in [4.78, 5) is 45.8. The van der Waals surface area contributed by atoms with E-state index < -0.39 is 18.5 Å². The number of nitrogens with one attached hydrogen (secondary N) is 1. The number of hydrogen-bond donors (Lipinski definition) is 1. The predicted octanol–water partition coefficient (Wildman–Crippen LogP) is 1.30. The zero-order valence-electron chi connectivity index (χ0n) is 17.2. The summed E-state index contributed by atoms with van der Waals surface area (Å²) in [5.74, 6) is -1.66. The van der Waals surface area contributed by atoms with E-state index in [2.05, 4.69) is 20.4 Å². The van der Waals surface area contributed by atoms with Gasteiger partial charge in [-0.2, -0.15) is 4.98 Å². The average Bonchev–Trinajstić information content (AvgIpc) is 3.14. The van der Waals surface area contributed by atoms with Crippen molar-refractivity contribution in [2.45, 2.75) is 20.8 Å². The number of likely N-dealkylation sites (N-methyl/N-ethyl adjacent to an activating group) is 1. The summed E-state index contributed by atoms with van der Waals surface area (Å²) in [7, 11) is 1.45. The van der Waals surface area contributed by atoms with Crippen molar-refractivity contribution in [3.8, 4) is 0 Å². The molecule has 0 saturated carbocycles. The van der Waals surface area contributed by atoms with Crippen molar-refractivity contribution in [2.75, 3.05) is 25.5 Å². The molecule has 1 N–H and O–H groups in total. The zero-order chi connectivity index (χ0) is 21.8. The summed E-state index contributed by atoms with van der Waals surface area (Å²) < 4.78 is 6.39. The lowest BCUT2D eigenvalue weighted by Crippen LogP contribution is -2.37. The van der Waals surface area contributed by atoms with E-state index in [1.165, 1.54) is 16.5 Å². The number of rotatable bonds is 6. The van der Waals surface area contributed by atoms with Gasteiger partial charge in [0.2, 0.25) is 5.91 Å². The van der Waals surface area contributed by atoms with Gasteiger partial charge in [0.1, 0.15) is 0 Å². The Hall–Kier alpha value is -3.82. The first-order valence-electron chi connectivity index (χ1n) is 9.21. The highest BCUT2D eigenvalue weighted by molar-refractivity contribution is 5.95. The molecule has 3 aromatic rings. The second kappa shape index (κ2) is 8.68. The fraction of sp³-hybridized carbons (Fsp3) is 0.300. The Balaban J connectivity index is 1.53. The van der Waals surface area contributed by atoms with Crippen LogP contribution < -0.4 is 5.32 Å². The molecule has 0 fully saturated rings. The molecular weight excluding hydrogens is 388 g/mol. The van der Waals surface area contributed by atoms with Crippen LogP contribution in [0.25, 0.3) is 5.78 Å². The van der Waals surface area contributed by atoms with Crippen LogP contribution in [0.5, 0.6) is 0 Å². The van der Waals surface area contributed by atoms with E-state index in [4.69, 9.17) is 4.74 Å². The average molecular weight is 410 g/mol. The molecule has 0 unspecified atom stereocenters. The number of amides is 2. The number of aromatic nitrogens is 4. The number of ether oxygens (including phenoxy) is 1. The number of hydrogen-bond acceptors (Lipinski definition) is 7. The molecule has 0 saturated heterocycles. The molecule has 1 aromatic carbocycles. The second-order valence-corrected chi connectivity index (χ2v) is 6.93. The highest BCUT2D eigenvalue weighted by Gasteiger charge is 2.20. The number of anilines is 1. The maximum atomic E-state index is 12.2. The van der Waals surface area contributed by atoms with Gasteiger partial charge in [-0.1, -0.05) is 12.1 Å². The molecule has 10 nitrogen and oxygen atoms in total. The summed E-state index contributed by atoms with van der Waals surface area (Å²) in [6, 6.07) is 7.43. The van der Waals surface area contributed by atoms with Crippen LogP contribution in [-0.2, 0) is 14.3 Å². The molecule has 2 aromatic heterocycles. The minimum atomic E-state index is -0.846. The van der Waals surface area contributed by atoms with E-state index in [9.17, 15) is 14.4 Å². The van der Waals surface area contributed by atoms with Gasteiger partial charge in [-0.05, 0) is 44.0 Å². The maximum absolute atomic E-state index is 12.2. The van der Waals surface area contributed by atoms with Crippen LogP contribution in [0, 0.1) is 20.8 Å². The van der Waals surface area contributed by atoms with Crippen LogP contribution in [0.3, 0.4) is 0 Å². The third kappa shape index (κ3) is 4.77. The van der Waals surface area contributed by atoms with Crippen molar-refractivity contribution in [1.29, 1.82) is 0 Å². The number of benzene rings is 1. The number of aryl methyl sites for hydroxylation is 3. The molecule has 0 aliphatic rings. The van der Waals surface area contributed by atoms with Crippen molar-refractivity contribution in [1.82, 2.24) is 24.5 Å². The normalized spacial score (nSPS) is 10.7. The molecule has 0 radical (unpaired) electrons. The van der Waals surface area contributed by atoms with Gasteiger partial charge in [0.15, 0.2) is 6.61 Å². The molecule has 0 aliphatic heterocycles. The van der Waals surface area contributed by atoms with Crippen molar-refractivity contribution in [3.05, 3.63) is 53.1 Å². The summed E-state index contributed by atoms with van der Waals surface area (Å²) in [5, 5.41) is 6.80. The van der Waals surface area contributed by atoms with Gasteiger partial charge in [-0.25, -0.2) is 14.3 Å². The minimum absolute atomic E-state index is 0.181. The van der Waals surface area contributed by atoms with Crippen LogP contribution in [0.1, 0.15) is 27.4 Å². The summed E-state index contributed by atoms with van der Waals surface area (Å²) in [5.41, 5.74) is 3.37. The zero-order valence-corrected chi connectivity index (χ0v) is 17.2. The summed E-state index contributed by atoms with van der Waals surface area (Å²) in [6.07, 6.45) is 1.55. The molecule has 10 heteroatoms. The Bertz CT molecular complexity index is 1120. The van der Waals surface area contributed by atoms with Gasteiger partial charge in [-0.15, -0.1) is 5.10 Å². The van der Waals surface area contributed by atoms with Crippen molar-refractivity contribution < 1.29 is 19.1 Å². The number of carbonyl (C=O) groups excluding carboxylic acids is 3. The minimum Gasteiger partial charge on any atom is -0.450 e. The van der Waals surface area contributed by atoms with Crippen LogP contribution in [0.15, 0.2) is 30.5 Å². The molecule has 0 spiro atoms. The first-order chi connectivity index (χ1) is 14.2. The third-order valence-electron chi connectivity index (χ3n) is 4.41. The lowest BCUT2D eigenvalue weighted by Gasteiger charge is -2.17. The first kappa shape index (κ1) is 20.9. The number of esters is 1. The highest BCUT2D eigenvalue weighted by atomic mass is 16.5. The summed E-state index contributed by atoms with van der Waals surface area (Å²) >= 11 is 0. The lowest BCUT2D eigenvalue weighted by molar-refractivity contribution is -0.136. The molecular formula is C20H22N6O4. The second-order valence-electron chi connectivity index (χ2n) is 6.93. The SMILES string of the molecule is Cc1ccc(C)c(NC(=O)CN(C)C(=O)COC(=O)c2nc3nccc(C)n3n2)c1.